The summed E-state index contributed by atoms with van der Waals surface area (Å²) in [5, 5.41) is 1.15. The normalized spacial score (nSPS) is 21.0. The minimum absolute atomic E-state index is 0.294. The lowest BCUT2D eigenvalue weighted by atomic mass is 9.86. The maximum Gasteiger partial charge on any atom is 0.137 e. The third-order valence-electron chi connectivity index (χ3n) is 3.64. The van der Waals surface area contributed by atoms with E-state index in [0.717, 1.165) is 41.6 Å². The molecular weight excluding hydrogens is 212 g/mol. The number of para-hydroxylation sites is 1. The molecule has 1 atom stereocenters. The van der Waals surface area contributed by atoms with Crippen LogP contribution in [0.4, 0.5) is 0 Å². The summed E-state index contributed by atoms with van der Waals surface area (Å²) in [5.74, 6) is 1.66. The smallest absolute Gasteiger partial charge is 0.137 e. The largest absolute Gasteiger partial charge is 0.460 e. The van der Waals surface area contributed by atoms with Gasteiger partial charge in [0.1, 0.15) is 17.1 Å². The minimum Gasteiger partial charge on any atom is -0.460 e. The second-order valence-electron chi connectivity index (χ2n) is 4.97. The van der Waals surface area contributed by atoms with E-state index in [1.165, 1.54) is 0 Å². The van der Waals surface area contributed by atoms with Gasteiger partial charge in [0, 0.05) is 24.1 Å². The van der Waals surface area contributed by atoms with Crippen LogP contribution in [-0.4, -0.2) is 5.78 Å². The molecule has 1 fully saturated rings. The van der Waals surface area contributed by atoms with Crippen molar-refractivity contribution in [3.8, 4) is 0 Å². The summed E-state index contributed by atoms with van der Waals surface area (Å²) in [6.07, 6.45) is 3.47. The number of hydrogen-bond donors (Lipinski definition) is 0. The minimum atomic E-state index is 0.294. The molecule has 1 aliphatic carbocycles. The number of hydrogen-bond acceptors (Lipinski definition) is 2. The van der Waals surface area contributed by atoms with Crippen molar-refractivity contribution in [3.05, 3.63) is 35.6 Å². The van der Waals surface area contributed by atoms with Gasteiger partial charge in [0.2, 0.25) is 0 Å². The van der Waals surface area contributed by atoms with Gasteiger partial charge >= 0.3 is 0 Å². The highest BCUT2D eigenvalue weighted by atomic mass is 16.3. The van der Waals surface area contributed by atoms with Gasteiger partial charge in [-0.2, -0.15) is 0 Å². The molecule has 0 bridgehead atoms. The van der Waals surface area contributed by atoms with Crippen molar-refractivity contribution in [3.63, 3.8) is 0 Å². The van der Waals surface area contributed by atoms with E-state index < -0.39 is 0 Å². The molecular formula is C15H16O2. The molecule has 0 N–H and O–H groups in total. The van der Waals surface area contributed by atoms with Crippen LogP contribution >= 0.6 is 0 Å². The number of aryl methyl sites for hydroxylation is 1. The number of carbonyl (C=O) groups excluding carboxylic acids is 1. The van der Waals surface area contributed by atoms with Gasteiger partial charge in [-0.15, -0.1) is 0 Å². The SMILES string of the molecule is Cc1cccc2cc(C3CCCC(=O)C3)oc12. The van der Waals surface area contributed by atoms with Crippen LogP contribution < -0.4 is 0 Å². The number of furan rings is 1. The van der Waals surface area contributed by atoms with Gasteiger partial charge in [-0.3, -0.25) is 4.79 Å². The molecule has 2 nitrogen and oxygen atoms in total. The van der Waals surface area contributed by atoms with Crippen molar-refractivity contribution in [2.24, 2.45) is 0 Å². The Kier molecular flexibility index (Phi) is 2.50. The van der Waals surface area contributed by atoms with Crippen LogP contribution in [0.5, 0.6) is 0 Å². The number of ketones is 1. The first-order chi connectivity index (χ1) is 8.24. The molecule has 0 amide bonds. The molecule has 0 radical (unpaired) electrons. The summed E-state index contributed by atoms with van der Waals surface area (Å²) < 4.78 is 5.93. The lowest BCUT2D eigenvalue weighted by molar-refractivity contribution is -0.120. The Hall–Kier alpha value is -1.57. The molecule has 3 rings (SSSR count). The van der Waals surface area contributed by atoms with Gasteiger partial charge in [-0.1, -0.05) is 18.2 Å². The first-order valence-corrected chi connectivity index (χ1v) is 6.25. The van der Waals surface area contributed by atoms with Gasteiger partial charge in [-0.25, -0.2) is 0 Å². The average molecular weight is 228 g/mol. The fourth-order valence-corrected chi connectivity index (χ4v) is 2.70. The van der Waals surface area contributed by atoms with Crippen molar-refractivity contribution in [2.45, 2.75) is 38.5 Å². The van der Waals surface area contributed by atoms with E-state index in [9.17, 15) is 4.79 Å². The summed E-state index contributed by atoms with van der Waals surface area (Å²) in [6, 6.07) is 8.27. The molecule has 1 unspecified atom stereocenters. The second-order valence-corrected chi connectivity index (χ2v) is 4.97. The van der Waals surface area contributed by atoms with Crippen molar-refractivity contribution >= 4 is 16.8 Å². The molecule has 1 aromatic carbocycles. The quantitative estimate of drug-likeness (QED) is 0.739. The third-order valence-corrected chi connectivity index (χ3v) is 3.64. The molecule has 2 heteroatoms. The maximum atomic E-state index is 11.5. The van der Waals surface area contributed by atoms with Crippen LogP contribution in [0.3, 0.4) is 0 Å². The van der Waals surface area contributed by atoms with Crippen molar-refractivity contribution < 1.29 is 9.21 Å². The van der Waals surface area contributed by atoms with Gasteiger partial charge < -0.3 is 4.42 Å². The molecule has 88 valence electrons. The Morgan fingerprint density at radius 1 is 1.35 bits per heavy atom. The summed E-state index contributed by atoms with van der Waals surface area (Å²) in [7, 11) is 0. The second kappa shape index (κ2) is 4.02. The fourth-order valence-electron chi connectivity index (χ4n) is 2.70. The van der Waals surface area contributed by atoms with Crippen LogP contribution in [0.2, 0.25) is 0 Å². The average Bonchev–Trinajstić information content (AvgIpc) is 2.74. The predicted molar refractivity (Wildman–Crippen MR) is 67.2 cm³/mol. The van der Waals surface area contributed by atoms with Crippen LogP contribution in [0.1, 0.15) is 42.9 Å². The third kappa shape index (κ3) is 1.88. The standard InChI is InChI=1S/C15H16O2/c1-10-4-2-6-12-9-14(17-15(10)12)11-5-3-7-13(16)8-11/h2,4,6,9,11H,3,5,7-8H2,1H3. The highest BCUT2D eigenvalue weighted by Gasteiger charge is 2.24. The van der Waals surface area contributed by atoms with Crippen LogP contribution in [0.15, 0.2) is 28.7 Å². The van der Waals surface area contributed by atoms with Gasteiger partial charge in [0.15, 0.2) is 0 Å². The van der Waals surface area contributed by atoms with Crippen LogP contribution in [-0.2, 0) is 4.79 Å². The van der Waals surface area contributed by atoms with Crippen molar-refractivity contribution in [1.82, 2.24) is 0 Å². The monoisotopic (exact) mass is 228 g/mol. The zero-order valence-electron chi connectivity index (χ0n) is 10.0. The summed E-state index contributed by atoms with van der Waals surface area (Å²) in [6.45, 7) is 2.06. The van der Waals surface area contributed by atoms with E-state index in [0.29, 0.717) is 18.1 Å². The maximum absolute atomic E-state index is 11.5. The summed E-state index contributed by atoms with van der Waals surface area (Å²) >= 11 is 0. The number of benzene rings is 1. The van der Waals surface area contributed by atoms with E-state index in [1.54, 1.807) is 0 Å². The lowest BCUT2D eigenvalue weighted by Crippen LogP contribution is -2.12. The Labute approximate surface area is 101 Å². The number of fused-ring (bicyclic) bond motifs is 1. The molecule has 0 saturated heterocycles. The molecule has 0 aliphatic heterocycles. The summed E-state index contributed by atoms with van der Waals surface area (Å²) in [4.78, 5) is 11.5. The van der Waals surface area contributed by atoms with Crippen molar-refractivity contribution in [1.29, 1.82) is 0 Å². The lowest BCUT2D eigenvalue weighted by Gasteiger charge is -2.18. The molecule has 17 heavy (non-hydrogen) atoms. The Bertz CT molecular complexity index is 565. The fraction of sp³-hybridized carbons (Fsp3) is 0.400. The highest BCUT2D eigenvalue weighted by molar-refractivity contribution is 5.82. The van der Waals surface area contributed by atoms with E-state index in [-0.39, 0.29) is 0 Å². The van der Waals surface area contributed by atoms with E-state index in [2.05, 4.69) is 25.1 Å². The van der Waals surface area contributed by atoms with E-state index in [1.807, 2.05) is 6.07 Å². The Morgan fingerprint density at radius 3 is 3.00 bits per heavy atom. The Balaban J connectivity index is 2.00. The van der Waals surface area contributed by atoms with Gasteiger partial charge in [-0.05, 0) is 31.4 Å². The zero-order chi connectivity index (χ0) is 11.8. The first kappa shape index (κ1) is 10.6. The summed E-state index contributed by atoms with van der Waals surface area (Å²) in [5.41, 5.74) is 2.14. The van der Waals surface area contributed by atoms with Gasteiger partial charge in [0.05, 0.1) is 0 Å². The topological polar surface area (TPSA) is 30.2 Å². The van der Waals surface area contributed by atoms with E-state index >= 15 is 0 Å². The van der Waals surface area contributed by atoms with E-state index in [4.69, 9.17) is 4.42 Å². The van der Waals surface area contributed by atoms with Crippen LogP contribution in [0.25, 0.3) is 11.0 Å². The van der Waals surface area contributed by atoms with Crippen molar-refractivity contribution in [2.75, 3.05) is 0 Å². The predicted octanol–water partition coefficient (Wildman–Crippen LogP) is 3.97. The number of Topliss-reactive ketones (excluding diaryl/α,β-unsaturated/α-hetero) is 1. The van der Waals surface area contributed by atoms with Crippen LogP contribution in [0, 0.1) is 6.92 Å². The zero-order valence-corrected chi connectivity index (χ0v) is 10.0. The van der Waals surface area contributed by atoms with Gasteiger partial charge in [0.25, 0.3) is 0 Å². The molecule has 1 aromatic heterocycles. The molecule has 1 saturated carbocycles. The highest BCUT2D eigenvalue weighted by Crippen LogP contribution is 2.34. The number of carbonyl (C=O) groups is 1. The Morgan fingerprint density at radius 2 is 2.24 bits per heavy atom. The first-order valence-electron chi connectivity index (χ1n) is 6.25. The molecule has 1 heterocycles. The molecule has 1 aliphatic rings. The molecule has 2 aromatic rings. The number of rotatable bonds is 1. The molecule has 0 spiro atoms.